The number of methoxy groups -OCH3 is 2. The summed E-state index contributed by atoms with van der Waals surface area (Å²) in [4.78, 5) is 32.8. The van der Waals surface area contributed by atoms with E-state index in [2.05, 4.69) is 15.3 Å². The van der Waals surface area contributed by atoms with Crippen molar-refractivity contribution in [3.63, 3.8) is 0 Å². The van der Waals surface area contributed by atoms with Gasteiger partial charge < -0.3 is 19.1 Å². The molecule has 0 radical (unpaired) electrons. The third kappa shape index (κ3) is 5.24. The van der Waals surface area contributed by atoms with Gasteiger partial charge in [0.25, 0.3) is 10.0 Å². The SMILES string of the molecule is COc1cc(OC)nc(NC(=O)NS(=O)(=O)c2c(Cl)cccc2CN2CCOC2=O)n1. The Bertz CT molecular complexity index is 1090. The van der Waals surface area contributed by atoms with E-state index in [0.717, 1.165) is 0 Å². The molecule has 0 spiro atoms. The van der Waals surface area contributed by atoms with E-state index in [4.69, 9.17) is 25.8 Å². The number of nitrogens with one attached hydrogen (secondary N) is 2. The lowest BCUT2D eigenvalue weighted by Crippen LogP contribution is -2.36. The van der Waals surface area contributed by atoms with E-state index in [1.54, 1.807) is 0 Å². The average Bonchev–Trinajstić information content (AvgIpc) is 3.11. The van der Waals surface area contributed by atoms with Crippen LogP contribution in [0.15, 0.2) is 29.2 Å². The molecule has 1 saturated heterocycles. The zero-order valence-corrected chi connectivity index (χ0v) is 18.0. The number of carbonyl (C=O) groups excluding carboxylic acids is 2. The molecule has 2 heterocycles. The number of ether oxygens (including phenoxy) is 3. The lowest BCUT2D eigenvalue weighted by Gasteiger charge is -2.17. The molecule has 1 aromatic carbocycles. The largest absolute Gasteiger partial charge is 0.481 e. The van der Waals surface area contributed by atoms with E-state index in [1.165, 1.54) is 43.4 Å². The molecule has 0 atom stereocenters. The van der Waals surface area contributed by atoms with Crippen LogP contribution in [0, 0.1) is 0 Å². The normalized spacial score (nSPS) is 13.5. The minimum atomic E-state index is -4.42. The number of cyclic esters (lactones) is 1. The van der Waals surface area contributed by atoms with Crippen molar-refractivity contribution in [1.82, 2.24) is 19.6 Å². The molecule has 1 aliphatic rings. The molecule has 14 heteroatoms. The fraction of sp³-hybridized carbons (Fsp3) is 0.294. The Morgan fingerprint density at radius 2 is 1.94 bits per heavy atom. The van der Waals surface area contributed by atoms with Crippen molar-refractivity contribution in [1.29, 1.82) is 0 Å². The minimum Gasteiger partial charge on any atom is -0.481 e. The van der Waals surface area contributed by atoms with Gasteiger partial charge in [0.15, 0.2) is 0 Å². The second-order valence-electron chi connectivity index (χ2n) is 6.10. The molecule has 1 aromatic heterocycles. The number of nitrogens with zero attached hydrogens (tertiary/aromatic N) is 3. The van der Waals surface area contributed by atoms with Crippen molar-refractivity contribution >= 4 is 39.7 Å². The maximum atomic E-state index is 12.9. The van der Waals surface area contributed by atoms with Gasteiger partial charge in [0, 0.05) is 0 Å². The van der Waals surface area contributed by atoms with Crippen LogP contribution in [0.4, 0.5) is 15.5 Å². The van der Waals surface area contributed by atoms with Crippen LogP contribution in [0.1, 0.15) is 5.56 Å². The Hall–Kier alpha value is -3.32. The summed E-state index contributed by atoms with van der Waals surface area (Å²) in [7, 11) is -1.72. The molecule has 0 saturated carbocycles. The fourth-order valence-corrected chi connectivity index (χ4v) is 4.42. The molecule has 0 unspecified atom stereocenters. The molecule has 2 N–H and O–H groups in total. The van der Waals surface area contributed by atoms with Crippen molar-refractivity contribution in [3.8, 4) is 11.8 Å². The van der Waals surface area contributed by atoms with Gasteiger partial charge in [-0.2, -0.15) is 9.97 Å². The third-order valence-corrected chi connectivity index (χ3v) is 5.97. The lowest BCUT2D eigenvalue weighted by molar-refractivity contribution is 0.157. The first-order chi connectivity index (χ1) is 14.7. The molecule has 2 aromatic rings. The van der Waals surface area contributed by atoms with Crippen LogP contribution in [-0.2, 0) is 21.3 Å². The number of hydrogen-bond acceptors (Lipinski definition) is 9. The molecule has 0 bridgehead atoms. The molecular weight excluding hydrogens is 454 g/mol. The molecular formula is C17H18ClN5O7S. The van der Waals surface area contributed by atoms with Gasteiger partial charge in [-0.05, 0) is 11.6 Å². The summed E-state index contributed by atoms with van der Waals surface area (Å²) < 4.78 is 42.4. The highest BCUT2D eigenvalue weighted by molar-refractivity contribution is 7.90. The maximum Gasteiger partial charge on any atom is 0.410 e. The van der Waals surface area contributed by atoms with Crippen molar-refractivity contribution < 1.29 is 32.2 Å². The van der Waals surface area contributed by atoms with Crippen LogP contribution in [0.3, 0.4) is 0 Å². The van der Waals surface area contributed by atoms with Crippen LogP contribution < -0.4 is 19.5 Å². The molecule has 3 rings (SSSR count). The standard InChI is InChI=1S/C17H18ClN5O7S/c1-28-12-8-13(29-2)20-15(19-12)21-16(24)22-31(26,27)14-10(4-3-5-11(14)18)9-23-6-7-30-17(23)25/h3-5,8H,6-7,9H2,1-2H3,(H2,19,20,21,22,24). The lowest BCUT2D eigenvalue weighted by atomic mass is 10.2. The van der Waals surface area contributed by atoms with Crippen LogP contribution >= 0.6 is 11.6 Å². The van der Waals surface area contributed by atoms with Gasteiger partial charge in [-0.25, -0.2) is 22.7 Å². The average molecular weight is 472 g/mol. The molecule has 31 heavy (non-hydrogen) atoms. The summed E-state index contributed by atoms with van der Waals surface area (Å²) in [6.45, 7) is 0.438. The Morgan fingerprint density at radius 3 is 2.52 bits per heavy atom. The van der Waals surface area contributed by atoms with Crippen LogP contribution in [0.25, 0.3) is 0 Å². The summed E-state index contributed by atoms with van der Waals surface area (Å²) in [5, 5.41) is 2.08. The first kappa shape index (κ1) is 22.4. The monoisotopic (exact) mass is 471 g/mol. The van der Waals surface area contributed by atoms with Crippen molar-refractivity contribution in [3.05, 3.63) is 34.9 Å². The maximum absolute atomic E-state index is 12.9. The Labute approximate surface area is 182 Å². The molecule has 1 fully saturated rings. The highest BCUT2D eigenvalue weighted by atomic mass is 35.5. The fourth-order valence-electron chi connectivity index (χ4n) is 2.72. The van der Waals surface area contributed by atoms with Crippen molar-refractivity contribution in [2.45, 2.75) is 11.4 Å². The first-order valence-corrected chi connectivity index (χ1v) is 10.6. The number of hydrogen-bond donors (Lipinski definition) is 2. The Balaban J connectivity index is 1.82. The predicted octanol–water partition coefficient (Wildman–Crippen LogP) is 1.61. The summed E-state index contributed by atoms with van der Waals surface area (Å²) in [6.07, 6.45) is -0.571. The van der Waals surface area contributed by atoms with Crippen LogP contribution in [-0.4, -0.2) is 62.8 Å². The van der Waals surface area contributed by atoms with E-state index in [9.17, 15) is 18.0 Å². The molecule has 3 amide bonds. The summed E-state index contributed by atoms with van der Waals surface area (Å²) in [5.41, 5.74) is 0.214. The topological polar surface area (TPSA) is 149 Å². The second-order valence-corrected chi connectivity index (χ2v) is 8.13. The quantitative estimate of drug-likeness (QED) is 0.613. The number of aromatic nitrogens is 2. The number of halogens is 1. The minimum absolute atomic E-state index is 0.0621. The van der Waals surface area contributed by atoms with Gasteiger partial charge in [-0.1, -0.05) is 23.7 Å². The number of rotatable bonds is 7. The van der Waals surface area contributed by atoms with Gasteiger partial charge in [-0.3, -0.25) is 5.32 Å². The highest BCUT2D eigenvalue weighted by Crippen LogP contribution is 2.27. The van der Waals surface area contributed by atoms with E-state index in [-0.39, 0.29) is 46.3 Å². The molecule has 166 valence electrons. The second kappa shape index (κ2) is 9.22. The van der Waals surface area contributed by atoms with Gasteiger partial charge >= 0.3 is 12.1 Å². The van der Waals surface area contributed by atoms with Gasteiger partial charge in [0.2, 0.25) is 17.7 Å². The number of anilines is 1. The zero-order valence-electron chi connectivity index (χ0n) is 16.4. The zero-order chi connectivity index (χ0) is 22.6. The number of amides is 3. The summed E-state index contributed by atoms with van der Waals surface area (Å²) in [5.74, 6) is -0.0603. The number of benzene rings is 1. The first-order valence-electron chi connectivity index (χ1n) is 8.73. The summed E-state index contributed by atoms with van der Waals surface area (Å²) >= 11 is 6.12. The van der Waals surface area contributed by atoms with E-state index >= 15 is 0 Å². The van der Waals surface area contributed by atoms with Crippen molar-refractivity contribution in [2.75, 3.05) is 32.7 Å². The highest BCUT2D eigenvalue weighted by Gasteiger charge is 2.29. The van der Waals surface area contributed by atoms with E-state index in [0.29, 0.717) is 6.54 Å². The molecule has 0 aliphatic carbocycles. The van der Waals surface area contributed by atoms with Crippen LogP contribution in [0.5, 0.6) is 11.8 Å². The van der Waals surface area contributed by atoms with Gasteiger partial charge in [0.1, 0.15) is 11.5 Å². The van der Waals surface area contributed by atoms with Crippen LogP contribution in [0.2, 0.25) is 5.02 Å². The number of urea groups is 1. The van der Waals surface area contributed by atoms with E-state index in [1.807, 2.05) is 4.72 Å². The van der Waals surface area contributed by atoms with Gasteiger partial charge in [0.05, 0.1) is 38.4 Å². The Kier molecular flexibility index (Phi) is 6.65. The summed E-state index contributed by atoms with van der Waals surface area (Å²) in [6, 6.07) is 4.62. The predicted molar refractivity (Wildman–Crippen MR) is 108 cm³/mol. The smallest absolute Gasteiger partial charge is 0.410 e. The van der Waals surface area contributed by atoms with E-state index < -0.39 is 22.1 Å². The molecule has 12 nitrogen and oxygen atoms in total. The number of carbonyl (C=O) groups is 2. The number of sulfonamides is 1. The van der Waals surface area contributed by atoms with Gasteiger partial charge in [-0.15, -0.1) is 0 Å². The Morgan fingerprint density at radius 1 is 1.26 bits per heavy atom. The van der Waals surface area contributed by atoms with Crippen molar-refractivity contribution in [2.24, 2.45) is 0 Å². The third-order valence-electron chi connectivity index (χ3n) is 4.07. The molecule has 1 aliphatic heterocycles.